The fourth-order valence-electron chi connectivity index (χ4n) is 2.76. The highest BCUT2D eigenvalue weighted by Crippen LogP contribution is 2.16. The van der Waals surface area contributed by atoms with Crippen LogP contribution in [0.4, 0.5) is 0 Å². The van der Waals surface area contributed by atoms with E-state index < -0.39 is 0 Å². The summed E-state index contributed by atoms with van der Waals surface area (Å²) in [6.45, 7) is 4.23. The third kappa shape index (κ3) is 2.90. The molecular formula is C15H20N2OS. The molecule has 3 nitrogen and oxygen atoms in total. The van der Waals surface area contributed by atoms with Crippen molar-refractivity contribution in [1.29, 1.82) is 0 Å². The van der Waals surface area contributed by atoms with Crippen molar-refractivity contribution in [2.75, 3.05) is 19.6 Å². The lowest BCUT2D eigenvalue weighted by molar-refractivity contribution is 0.275. The molecule has 1 aromatic heterocycles. The number of rotatable bonds is 3. The van der Waals surface area contributed by atoms with Crippen LogP contribution in [0.2, 0.25) is 0 Å². The van der Waals surface area contributed by atoms with Gasteiger partial charge in [0.1, 0.15) is 0 Å². The summed E-state index contributed by atoms with van der Waals surface area (Å²) in [5.41, 5.74) is 0.176. The molecule has 0 aliphatic carbocycles. The number of hydrogen-bond donors (Lipinski definition) is 0. The van der Waals surface area contributed by atoms with Crippen LogP contribution in [0, 0.1) is 0 Å². The second-order valence-corrected chi connectivity index (χ2v) is 6.31. The second-order valence-electron chi connectivity index (χ2n) is 5.25. The molecule has 4 heteroatoms. The van der Waals surface area contributed by atoms with E-state index in [2.05, 4.69) is 4.90 Å². The van der Waals surface area contributed by atoms with Gasteiger partial charge in [-0.1, -0.05) is 36.5 Å². The minimum absolute atomic E-state index is 0.176. The Bertz CT molecular complexity index is 593. The standard InChI is InChI=1S/C15H20N2OS/c18-15-13-7-3-4-8-14(13)19-17(15)12-11-16-9-5-1-2-6-10-16/h3-4,7-8H,1-2,5-6,9-12H2. The SMILES string of the molecule is O=c1c2ccccc2sn1CCN1CCCCCC1. The molecule has 2 heterocycles. The van der Waals surface area contributed by atoms with E-state index >= 15 is 0 Å². The lowest BCUT2D eigenvalue weighted by Gasteiger charge is -2.19. The number of hydrogen-bond acceptors (Lipinski definition) is 3. The van der Waals surface area contributed by atoms with Crippen molar-refractivity contribution in [3.05, 3.63) is 34.6 Å². The van der Waals surface area contributed by atoms with E-state index in [1.165, 1.54) is 38.8 Å². The Balaban J connectivity index is 1.71. The molecule has 1 aliphatic heterocycles. The molecule has 0 atom stereocenters. The van der Waals surface area contributed by atoms with Crippen molar-refractivity contribution in [3.8, 4) is 0 Å². The Labute approximate surface area is 117 Å². The molecule has 0 saturated carbocycles. The first-order chi connectivity index (χ1) is 9.34. The summed E-state index contributed by atoms with van der Waals surface area (Å²) < 4.78 is 3.01. The van der Waals surface area contributed by atoms with Crippen LogP contribution < -0.4 is 5.56 Å². The first kappa shape index (κ1) is 12.9. The Morgan fingerprint density at radius 2 is 1.74 bits per heavy atom. The predicted molar refractivity (Wildman–Crippen MR) is 81.0 cm³/mol. The molecule has 1 saturated heterocycles. The number of likely N-dealkylation sites (tertiary alicyclic amines) is 1. The Morgan fingerprint density at radius 3 is 2.47 bits per heavy atom. The highest BCUT2D eigenvalue weighted by atomic mass is 32.1. The van der Waals surface area contributed by atoms with Gasteiger partial charge in [-0.05, 0) is 38.1 Å². The van der Waals surface area contributed by atoms with Gasteiger partial charge in [-0.25, -0.2) is 0 Å². The molecule has 102 valence electrons. The molecule has 0 amide bonds. The molecule has 3 rings (SSSR count). The van der Waals surface area contributed by atoms with Crippen molar-refractivity contribution >= 4 is 21.6 Å². The third-order valence-electron chi connectivity index (χ3n) is 3.87. The lowest BCUT2D eigenvalue weighted by atomic mass is 10.2. The average Bonchev–Trinajstić information content (AvgIpc) is 2.63. The smallest absolute Gasteiger partial charge is 0.268 e. The van der Waals surface area contributed by atoms with Crippen LogP contribution in [-0.4, -0.2) is 28.5 Å². The Hall–Kier alpha value is -1.13. The van der Waals surface area contributed by atoms with E-state index in [9.17, 15) is 4.79 Å². The van der Waals surface area contributed by atoms with Gasteiger partial charge in [-0.2, -0.15) is 0 Å². The maximum absolute atomic E-state index is 12.2. The summed E-state index contributed by atoms with van der Waals surface area (Å²) in [4.78, 5) is 14.7. The maximum Gasteiger partial charge on any atom is 0.268 e. The van der Waals surface area contributed by atoms with Gasteiger partial charge >= 0.3 is 0 Å². The van der Waals surface area contributed by atoms with Crippen molar-refractivity contribution in [2.45, 2.75) is 32.2 Å². The second kappa shape index (κ2) is 5.88. The van der Waals surface area contributed by atoms with Crippen molar-refractivity contribution in [3.63, 3.8) is 0 Å². The van der Waals surface area contributed by atoms with Crippen molar-refractivity contribution < 1.29 is 0 Å². The molecule has 1 aromatic carbocycles. The molecule has 19 heavy (non-hydrogen) atoms. The summed E-state index contributed by atoms with van der Waals surface area (Å²) in [7, 11) is 0. The molecule has 1 aliphatic rings. The molecule has 0 radical (unpaired) electrons. The van der Waals surface area contributed by atoms with E-state index in [1.807, 2.05) is 28.2 Å². The van der Waals surface area contributed by atoms with Crippen LogP contribution in [-0.2, 0) is 6.54 Å². The van der Waals surface area contributed by atoms with Crippen LogP contribution >= 0.6 is 11.5 Å². The predicted octanol–water partition coefficient (Wildman–Crippen LogP) is 2.94. The quantitative estimate of drug-likeness (QED) is 0.861. The third-order valence-corrected chi connectivity index (χ3v) is 4.99. The van der Waals surface area contributed by atoms with Crippen molar-refractivity contribution in [1.82, 2.24) is 8.86 Å². The molecule has 1 fully saturated rings. The van der Waals surface area contributed by atoms with Gasteiger partial charge in [0, 0.05) is 13.1 Å². The molecule has 0 unspecified atom stereocenters. The maximum atomic E-state index is 12.2. The Morgan fingerprint density at radius 1 is 1.00 bits per heavy atom. The zero-order chi connectivity index (χ0) is 13.1. The van der Waals surface area contributed by atoms with Gasteiger partial charge in [0.15, 0.2) is 0 Å². The Kier molecular flexibility index (Phi) is 3.99. The van der Waals surface area contributed by atoms with Gasteiger partial charge in [0.25, 0.3) is 5.56 Å². The summed E-state index contributed by atoms with van der Waals surface area (Å²) >= 11 is 1.60. The van der Waals surface area contributed by atoms with Gasteiger partial charge in [-0.15, -0.1) is 0 Å². The van der Waals surface area contributed by atoms with E-state index in [0.29, 0.717) is 0 Å². The van der Waals surface area contributed by atoms with Crippen LogP contribution in [0.5, 0.6) is 0 Å². The van der Waals surface area contributed by atoms with Gasteiger partial charge in [0.05, 0.1) is 10.1 Å². The number of nitrogens with zero attached hydrogens (tertiary/aromatic N) is 2. The van der Waals surface area contributed by atoms with Gasteiger partial charge in [-0.3, -0.25) is 8.75 Å². The van der Waals surface area contributed by atoms with Crippen LogP contribution in [0.25, 0.3) is 10.1 Å². The zero-order valence-electron chi connectivity index (χ0n) is 11.2. The van der Waals surface area contributed by atoms with E-state index in [1.54, 1.807) is 11.5 Å². The largest absolute Gasteiger partial charge is 0.302 e. The summed E-state index contributed by atoms with van der Waals surface area (Å²) in [6.07, 6.45) is 5.33. The fraction of sp³-hybridized carbons (Fsp3) is 0.533. The minimum atomic E-state index is 0.176. The van der Waals surface area contributed by atoms with Crippen LogP contribution in [0.15, 0.2) is 29.1 Å². The van der Waals surface area contributed by atoms with Crippen molar-refractivity contribution in [2.24, 2.45) is 0 Å². The molecule has 0 bridgehead atoms. The average molecular weight is 276 g/mol. The van der Waals surface area contributed by atoms with E-state index in [-0.39, 0.29) is 5.56 Å². The monoisotopic (exact) mass is 276 g/mol. The minimum Gasteiger partial charge on any atom is -0.302 e. The number of aromatic nitrogens is 1. The topological polar surface area (TPSA) is 25.2 Å². The molecule has 0 N–H and O–H groups in total. The van der Waals surface area contributed by atoms with Crippen LogP contribution in [0.1, 0.15) is 25.7 Å². The first-order valence-electron chi connectivity index (χ1n) is 7.16. The van der Waals surface area contributed by atoms with E-state index in [4.69, 9.17) is 0 Å². The first-order valence-corrected chi connectivity index (χ1v) is 7.93. The summed E-state index contributed by atoms with van der Waals surface area (Å²) in [5.74, 6) is 0. The molecule has 2 aromatic rings. The normalized spacial score (nSPS) is 17.7. The number of benzene rings is 1. The van der Waals surface area contributed by atoms with Gasteiger partial charge in [0.2, 0.25) is 0 Å². The highest BCUT2D eigenvalue weighted by Gasteiger charge is 2.11. The summed E-state index contributed by atoms with van der Waals surface area (Å²) in [6, 6.07) is 7.90. The molecular weight excluding hydrogens is 256 g/mol. The zero-order valence-corrected chi connectivity index (χ0v) is 12.0. The lowest BCUT2D eigenvalue weighted by Crippen LogP contribution is -2.30. The number of fused-ring (bicyclic) bond motifs is 1. The highest BCUT2D eigenvalue weighted by molar-refractivity contribution is 7.13. The fourth-order valence-corrected chi connectivity index (χ4v) is 3.74. The molecule has 0 spiro atoms. The van der Waals surface area contributed by atoms with Gasteiger partial charge < -0.3 is 4.90 Å². The van der Waals surface area contributed by atoms with Crippen LogP contribution in [0.3, 0.4) is 0 Å². The summed E-state index contributed by atoms with van der Waals surface area (Å²) in [5, 5.41) is 0.864. The van der Waals surface area contributed by atoms with E-state index in [0.717, 1.165) is 23.2 Å².